The monoisotopic (exact) mass is 186 g/mol. The first-order chi connectivity index (χ1) is 4.31. The van der Waals surface area contributed by atoms with Gasteiger partial charge in [0.1, 0.15) is 0 Å². The highest BCUT2D eigenvalue weighted by molar-refractivity contribution is 9.11. The Morgan fingerprint density at radius 3 is 2.78 bits per heavy atom. The molecule has 0 fully saturated rings. The Kier molecular flexibility index (Phi) is 5.64. The van der Waals surface area contributed by atoms with Gasteiger partial charge in [0.2, 0.25) is 0 Å². The Morgan fingerprint density at radius 2 is 2.33 bits per heavy atom. The van der Waals surface area contributed by atoms with E-state index in [1.807, 2.05) is 12.2 Å². The smallest absolute Gasteiger partial charge is 0.0171 e. The van der Waals surface area contributed by atoms with Gasteiger partial charge in [-0.15, -0.1) is 0 Å². The van der Waals surface area contributed by atoms with Gasteiger partial charge in [0, 0.05) is 4.48 Å². The first-order valence-electron chi connectivity index (χ1n) is 2.96. The molecule has 0 bridgehead atoms. The molecule has 0 saturated carbocycles. The molecule has 0 aromatic heterocycles. The van der Waals surface area contributed by atoms with E-state index in [2.05, 4.69) is 35.5 Å². The zero-order valence-corrected chi connectivity index (χ0v) is 7.19. The summed E-state index contributed by atoms with van der Waals surface area (Å²) in [5.41, 5.74) is 0. The van der Waals surface area contributed by atoms with Gasteiger partial charge in [0.25, 0.3) is 0 Å². The maximum absolute atomic E-state index is 3.57. The summed E-state index contributed by atoms with van der Waals surface area (Å²) in [5, 5.41) is 0. The second kappa shape index (κ2) is 5.83. The molecule has 50 valence electrons. The number of halogens is 1. The topological polar surface area (TPSA) is 0 Å². The van der Waals surface area contributed by atoms with Crippen molar-refractivity contribution in [1.82, 2.24) is 0 Å². The molecule has 0 aromatic rings. The fourth-order valence-electron chi connectivity index (χ4n) is 0.399. The van der Waals surface area contributed by atoms with Gasteiger partial charge in [-0.2, -0.15) is 0 Å². The van der Waals surface area contributed by atoms with E-state index in [0.717, 1.165) is 10.9 Å². The van der Waals surface area contributed by atoms with E-state index in [0.29, 0.717) is 0 Å². The molecule has 0 heterocycles. The average molecular weight is 187 g/mol. The number of hydrogen-bond acceptors (Lipinski definition) is 0. The van der Waals surface area contributed by atoms with Crippen LogP contribution in [0.4, 0.5) is 0 Å². The minimum Gasteiger partial charge on any atom is -0.0990 e. The fourth-order valence-corrected chi connectivity index (χ4v) is 0.772. The third kappa shape index (κ3) is 5.57. The second-order valence-electron chi connectivity index (χ2n) is 1.60. The minimum atomic E-state index is 1.07. The van der Waals surface area contributed by atoms with E-state index in [4.69, 9.17) is 0 Å². The standard InChI is InChI=1S/C8H11Br/c1-3-5-7-8(9)6-4-2/h4-7H,2-3H2,1H3/b7-5-,8-6+. The summed E-state index contributed by atoms with van der Waals surface area (Å²) in [6.45, 7) is 5.67. The van der Waals surface area contributed by atoms with Crippen LogP contribution in [0.2, 0.25) is 0 Å². The molecule has 9 heavy (non-hydrogen) atoms. The van der Waals surface area contributed by atoms with Crippen molar-refractivity contribution < 1.29 is 0 Å². The molecule has 0 radical (unpaired) electrons. The van der Waals surface area contributed by atoms with Crippen LogP contribution < -0.4 is 0 Å². The van der Waals surface area contributed by atoms with Gasteiger partial charge in [-0.05, 0) is 12.5 Å². The predicted octanol–water partition coefficient (Wildman–Crippen LogP) is 3.42. The molecule has 0 rings (SSSR count). The summed E-state index contributed by atoms with van der Waals surface area (Å²) in [6.07, 6.45) is 8.84. The molecule has 1 heteroatoms. The Morgan fingerprint density at radius 1 is 1.67 bits per heavy atom. The lowest BCUT2D eigenvalue weighted by atomic mass is 10.4. The third-order valence-electron chi connectivity index (χ3n) is 0.790. The average Bonchev–Trinajstić information content (AvgIpc) is 1.85. The Hall–Kier alpha value is -0.300. The van der Waals surface area contributed by atoms with Crippen LogP contribution in [0, 0.1) is 0 Å². The molecule has 0 amide bonds. The third-order valence-corrected chi connectivity index (χ3v) is 1.32. The Labute approximate surface area is 65.1 Å². The molecule has 0 aromatic carbocycles. The van der Waals surface area contributed by atoms with Crippen LogP contribution in [0.3, 0.4) is 0 Å². The maximum atomic E-state index is 3.57. The summed E-state index contributed by atoms with van der Waals surface area (Å²) in [7, 11) is 0. The molecular formula is C8H11Br. The summed E-state index contributed by atoms with van der Waals surface area (Å²) < 4.78 is 1.07. The van der Waals surface area contributed by atoms with Crippen LogP contribution in [0.15, 0.2) is 35.4 Å². The van der Waals surface area contributed by atoms with Crippen molar-refractivity contribution in [3.05, 3.63) is 35.4 Å². The van der Waals surface area contributed by atoms with E-state index in [-0.39, 0.29) is 0 Å². The van der Waals surface area contributed by atoms with Crippen LogP contribution in [-0.2, 0) is 0 Å². The lowest BCUT2D eigenvalue weighted by Crippen LogP contribution is -1.59. The highest BCUT2D eigenvalue weighted by Gasteiger charge is 1.76. The maximum Gasteiger partial charge on any atom is 0.0171 e. The van der Waals surface area contributed by atoms with Crippen LogP contribution in [0.1, 0.15) is 13.3 Å². The molecule has 0 N–H and O–H groups in total. The Balaban J connectivity index is 3.74. The van der Waals surface area contributed by atoms with Gasteiger partial charge in [-0.25, -0.2) is 0 Å². The van der Waals surface area contributed by atoms with Gasteiger partial charge in [0.15, 0.2) is 0 Å². The highest BCUT2D eigenvalue weighted by Crippen LogP contribution is 2.06. The van der Waals surface area contributed by atoms with E-state index >= 15 is 0 Å². The molecule has 0 nitrogen and oxygen atoms in total. The van der Waals surface area contributed by atoms with Crippen molar-refractivity contribution >= 4 is 15.9 Å². The van der Waals surface area contributed by atoms with Crippen molar-refractivity contribution in [2.75, 3.05) is 0 Å². The molecule has 0 spiro atoms. The summed E-state index contributed by atoms with van der Waals surface area (Å²) in [5.74, 6) is 0. The summed E-state index contributed by atoms with van der Waals surface area (Å²) >= 11 is 3.34. The van der Waals surface area contributed by atoms with Gasteiger partial charge in [0.05, 0.1) is 0 Å². The highest BCUT2D eigenvalue weighted by atomic mass is 79.9. The normalized spacial score (nSPS) is 12.4. The van der Waals surface area contributed by atoms with E-state index < -0.39 is 0 Å². The van der Waals surface area contributed by atoms with Crippen LogP contribution >= 0.6 is 15.9 Å². The van der Waals surface area contributed by atoms with Crippen molar-refractivity contribution in [2.45, 2.75) is 13.3 Å². The number of rotatable bonds is 3. The minimum absolute atomic E-state index is 1.07. The molecule has 0 aliphatic carbocycles. The summed E-state index contributed by atoms with van der Waals surface area (Å²) in [4.78, 5) is 0. The van der Waals surface area contributed by atoms with E-state index in [9.17, 15) is 0 Å². The van der Waals surface area contributed by atoms with Gasteiger partial charge < -0.3 is 0 Å². The summed E-state index contributed by atoms with van der Waals surface area (Å²) in [6, 6.07) is 0. The largest absolute Gasteiger partial charge is 0.0990 e. The molecule has 0 saturated heterocycles. The first-order valence-corrected chi connectivity index (χ1v) is 3.75. The lowest BCUT2D eigenvalue weighted by Gasteiger charge is -1.82. The zero-order chi connectivity index (χ0) is 7.11. The zero-order valence-electron chi connectivity index (χ0n) is 5.60. The van der Waals surface area contributed by atoms with E-state index in [1.54, 1.807) is 6.08 Å². The first kappa shape index (κ1) is 8.70. The predicted molar refractivity (Wildman–Crippen MR) is 46.6 cm³/mol. The van der Waals surface area contributed by atoms with Gasteiger partial charge in [-0.3, -0.25) is 0 Å². The molecule has 0 unspecified atom stereocenters. The molecule has 0 aliphatic heterocycles. The Bertz CT molecular complexity index is 132. The second-order valence-corrected chi connectivity index (χ2v) is 2.51. The van der Waals surface area contributed by atoms with Crippen LogP contribution in [0.25, 0.3) is 0 Å². The molecule has 0 aliphatic rings. The van der Waals surface area contributed by atoms with Gasteiger partial charge >= 0.3 is 0 Å². The molecular weight excluding hydrogens is 176 g/mol. The van der Waals surface area contributed by atoms with Crippen LogP contribution in [-0.4, -0.2) is 0 Å². The molecule has 0 atom stereocenters. The van der Waals surface area contributed by atoms with Gasteiger partial charge in [-0.1, -0.05) is 47.7 Å². The van der Waals surface area contributed by atoms with Crippen molar-refractivity contribution in [1.29, 1.82) is 0 Å². The fraction of sp³-hybridized carbons (Fsp3) is 0.250. The van der Waals surface area contributed by atoms with Crippen molar-refractivity contribution in [3.63, 3.8) is 0 Å². The van der Waals surface area contributed by atoms with Crippen LogP contribution in [0.5, 0.6) is 0 Å². The quantitative estimate of drug-likeness (QED) is 0.594. The van der Waals surface area contributed by atoms with Crippen molar-refractivity contribution in [2.24, 2.45) is 0 Å². The SMILES string of the molecule is C=C/C=C(Br)\C=C/CC. The lowest BCUT2D eigenvalue weighted by molar-refractivity contribution is 1.22. The number of hydrogen-bond donors (Lipinski definition) is 0. The number of allylic oxidation sites excluding steroid dienone is 5. The van der Waals surface area contributed by atoms with Crippen molar-refractivity contribution in [3.8, 4) is 0 Å². The van der Waals surface area contributed by atoms with E-state index in [1.165, 1.54) is 0 Å².